The Hall–Kier alpha value is -1.53. The predicted octanol–water partition coefficient (Wildman–Crippen LogP) is 2.36. The first-order chi connectivity index (χ1) is 6.75. The van der Waals surface area contributed by atoms with Crippen LogP contribution in [-0.2, 0) is 0 Å². The molecule has 0 bridgehead atoms. The molecule has 7 heteroatoms. The molecule has 1 rings (SSSR count). The summed E-state index contributed by atoms with van der Waals surface area (Å²) in [6, 6.07) is 0. The highest BCUT2D eigenvalue weighted by molar-refractivity contribution is 5.22. The van der Waals surface area contributed by atoms with Crippen molar-refractivity contribution in [1.82, 2.24) is 0 Å². The third-order valence-corrected chi connectivity index (χ3v) is 2.10. The minimum Gasteiger partial charge on any atom is -0.508 e. The number of alkyl halides is 3. The van der Waals surface area contributed by atoms with Gasteiger partial charge < -0.3 is 5.11 Å². The van der Waals surface area contributed by atoms with Gasteiger partial charge in [0.2, 0.25) is 0 Å². The fourth-order valence-electron chi connectivity index (χ4n) is 1.34. The van der Waals surface area contributed by atoms with E-state index in [2.05, 4.69) is 0 Å². The van der Waals surface area contributed by atoms with Crippen LogP contribution in [0.1, 0.15) is 12.8 Å². The zero-order valence-corrected chi connectivity index (χ0v) is 7.49. The van der Waals surface area contributed by atoms with Gasteiger partial charge in [-0.3, -0.25) is 10.1 Å². The summed E-state index contributed by atoms with van der Waals surface area (Å²) in [7, 11) is 0. The molecule has 0 aromatic rings. The molecule has 1 unspecified atom stereocenters. The second-order valence-corrected chi connectivity index (χ2v) is 3.32. The lowest BCUT2D eigenvalue weighted by Gasteiger charge is -2.23. The third kappa shape index (κ3) is 2.71. The van der Waals surface area contributed by atoms with Crippen molar-refractivity contribution in [3.8, 4) is 0 Å². The summed E-state index contributed by atoms with van der Waals surface area (Å²) in [6.45, 7) is 0. The van der Waals surface area contributed by atoms with Crippen molar-refractivity contribution in [2.24, 2.45) is 0 Å². The van der Waals surface area contributed by atoms with Crippen molar-refractivity contribution < 1.29 is 23.2 Å². The maximum absolute atomic E-state index is 12.1. The van der Waals surface area contributed by atoms with Crippen LogP contribution in [0.3, 0.4) is 0 Å². The zero-order chi connectivity index (χ0) is 11.7. The Kier molecular flexibility index (Phi) is 2.74. The van der Waals surface area contributed by atoms with E-state index in [-0.39, 0.29) is 5.76 Å². The molecule has 84 valence electrons. The van der Waals surface area contributed by atoms with E-state index in [9.17, 15) is 23.3 Å². The summed E-state index contributed by atoms with van der Waals surface area (Å²) < 4.78 is 36.4. The van der Waals surface area contributed by atoms with Crippen LogP contribution in [0.2, 0.25) is 0 Å². The van der Waals surface area contributed by atoms with Crippen molar-refractivity contribution in [1.29, 1.82) is 0 Å². The quantitative estimate of drug-likeness (QED) is 0.577. The van der Waals surface area contributed by atoms with Crippen molar-refractivity contribution in [2.75, 3.05) is 0 Å². The van der Waals surface area contributed by atoms with E-state index >= 15 is 0 Å². The van der Waals surface area contributed by atoms with Crippen molar-refractivity contribution in [3.63, 3.8) is 0 Å². The van der Waals surface area contributed by atoms with Gasteiger partial charge in [0, 0.05) is 11.3 Å². The highest BCUT2D eigenvalue weighted by Gasteiger charge is 2.50. The van der Waals surface area contributed by atoms with Crippen LogP contribution in [-0.4, -0.2) is 21.7 Å². The predicted molar refractivity (Wildman–Crippen MR) is 44.9 cm³/mol. The fourth-order valence-corrected chi connectivity index (χ4v) is 1.34. The van der Waals surface area contributed by atoms with Gasteiger partial charge in [0.15, 0.2) is 0 Å². The van der Waals surface area contributed by atoms with Crippen LogP contribution in [0.15, 0.2) is 24.0 Å². The lowest BCUT2D eigenvalue weighted by Crippen LogP contribution is -2.41. The number of rotatable bonds is 2. The molecule has 0 amide bonds. The lowest BCUT2D eigenvalue weighted by molar-refractivity contribution is -0.562. The first kappa shape index (κ1) is 11.5. The highest BCUT2D eigenvalue weighted by atomic mass is 19.4. The average molecular weight is 223 g/mol. The Balaban J connectivity index is 2.93. The Morgan fingerprint density at radius 2 is 2.20 bits per heavy atom. The maximum atomic E-state index is 12.1. The van der Waals surface area contributed by atoms with Crippen LogP contribution in [0.25, 0.3) is 0 Å². The molecule has 0 saturated heterocycles. The molecule has 0 saturated carbocycles. The van der Waals surface area contributed by atoms with Crippen LogP contribution in [0, 0.1) is 10.1 Å². The van der Waals surface area contributed by atoms with Gasteiger partial charge in [-0.15, -0.1) is 0 Å². The van der Waals surface area contributed by atoms with Gasteiger partial charge >= 0.3 is 6.18 Å². The first-order valence-electron chi connectivity index (χ1n) is 4.05. The van der Waals surface area contributed by atoms with E-state index in [1.807, 2.05) is 0 Å². The minimum absolute atomic E-state index is 0.255. The van der Waals surface area contributed by atoms with Crippen LogP contribution < -0.4 is 0 Å². The SMILES string of the molecule is O=[N+]([O-])C1(CC(F)(F)F)C=CC(O)=CC1. The monoisotopic (exact) mass is 223 g/mol. The molecule has 1 aliphatic carbocycles. The van der Waals surface area contributed by atoms with Crippen molar-refractivity contribution in [2.45, 2.75) is 24.6 Å². The second-order valence-electron chi connectivity index (χ2n) is 3.32. The number of aliphatic hydroxyl groups is 1. The van der Waals surface area contributed by atoms with Gasteiger partial charge in [0.1, 0.15) is 12.2 Å². The Morgan fingerprint density at radius 1 is 1.60 bits per heavy atom. The van der Waals surface area contributed by atoms with Crippen molar-refractivity contribution >= 4 is 0 Å². The number of aliphatic hydroxyl groups excluding tert-OH is 1. The molecule has 0 aromatic heterocycles. The molecule has 15 heavy (non-hydrogen) atoms. The van der Waals surface area contributed by atoms with Gasteiger partial charge in [-0.2, -0.15) is 13.2 Å². The van der Waals surface area contributed by atoms with E-state index in [4.69, 9.17) is 5.11 Å². The molecule has 0 fully saturated rings. The van der Waals surface area contributed by atoms with Crippen LogP contribution >= 0.6 is 0 Å². The zero-order valence-electron chi connectivity index (χ0n) is 7.49. The molecule has 1 atom stereocenters. The van der Waals surface area contributed by atoms with Gasteiger partial charge in [-0.25, -0.2) is 0 Å². The van der Waals surface area contributed by atoms with E-state index in [1.165, 1.54) is 0 Å². The molecule has 0 heterocycles. The summed E-state index contributed by atoms with van der Waals surface area (Å²) in [4.78, 5) is 9.63. The molecule has 1 aliphatic rings. The Morgan fingerprint density at radius 3 is 2.53 bits per heavy atom. The van der Waals surface area contributed by atoms with Gasteiger partial charge in [0.05, 0.1) is 0 Å². The number of nitro groups is 1. The van der Waals surface area contributed by atoms with Gasteiger partial charge in [0.25, 0.3) is 5.54 Å². The molecule has 0 radical (unpaired) electrons. The second kappa shape index (κ2) is 3.56. The maximum Gasteiger partial charge on any atom is 0.396 e. The largest absolute Gasteiger partial charge is 0.508 e. The van der Waals surface area contributed by atoms with Gasteiger partial charge in [-0.1, -0.05) is 0 Å². The van der Waals surface area contributed by atoms with E-state index in [1.54, 1.807) is 0 Å². The summed E-state index contributed by atoms with van der Waals surface area (Å²) in [5.41, 5.74) is -2.18. The number of halogens is 3. The summed E-state index contributed by atoms with van der Waals surface area (Å²) in [5, 5.41) is 19.5. The van der Waals surface area contributed by atoms with Crippen molar-refractivity contribution in [3.05, 3.63) is 34.1 Å². The fraction of sp³-hybridized carbons (Fsp3) is 0.500. The molecule has 0 aromatic carbocycles. The standard InChI is InChI=1S/C8H8F3NO3/c9-8(10,11)5-7(12(14)15)3-1-6(13)2-4-7/h1-3,13H,4-5H2. The van der Waals surface area contributed by atoms with E-state index < -0.39 is 29.5 Å². The summed E-state index contributed by atoms with van der Waals surface area (Å²) >= 11 is 0. The van der Waals surface area contributed by atoms with E-state index in [0.29, 0.717) is 0 Å². The van der Waals surface area contributed by atoms with Crippen LogP contribution in [0.4, 0.5) is 13.2 Å². The first-order valence-corrected chi connectivity index (χ1v) is 4.05. The number of hydrogen-bond donors (Lipinski definition) is 1. The number of nitrogens with zero attached hydrogens (tertiary/aromatic N) is 1. The van der Waals surface area contributed by atoms with Crippen LogP contribution in [0.5, 0.6) is 0 Å². The highest BCUT2D eigenvalue weighted by Crippen LogP contribution is 2.35. The van der Waals surface area contributed by atoms with Gasteiger partial charge in [-0.05, 0) is 18.2 Å². The molecule has 0 spiro atoms. The summed E-state index contributed by atoms with van der Waals surface area (Å²) in [5.74, 6) is -0.255. The number of hydrogen-bond acceptors (Lipinski definition) is 3. The molecule has 0 aliphatic heterocycles. The third-order valence-electron chi connectivity index (χ3n) is 2.10. The Bertz CT molecular complexity index is 335. The lowest BCUT2D eigenvalue weighted by atomic mass is 9.88. The molecular formula is C8H8F3NO3. The number of allylic oxidation sites excluding steroid dienone is 1. The topological polar surface area (TPSA) is 63.4 Å². The smallest absolute Gasteiger partial charge is 0.396 e. The van der Waals surface area contributed by atoms with E-state index in [0.717, 1.165) is 18.2 Å². The molecule has 1 N–H and O–H groups in total. The minimum atomic E-state index is -4.61. The molecule has 4 nitrogen and oxygen atoms in total. The Labute approximate surface area is 82.9 Å². The normalized spacial score (nSPS) is 26.2. The average Bonchev–Trinajstić information content (AvgIpc) is 2.06. The summed E-state index contributed by atoms with van der Waals surface area (Å²) in [6.07, 6.45) is -3.89. The molecular weight excluding hydrogens is 215 g/mol.